The van der Waals surface area contributed by atoms with Crippen molar-refractivity contribution in [1.82, 2.24) is 0 Å². The Morgan fingerprint density at radius 2 is 1.32 bits per heavy atom. The molecule has 0 aromatic rings. The zero-order chi connectivity index (χ0) is 16.2. The van der Waals surface area contributed by atoms with Crippen LogP contribution in [0.5, 0.6) is 0 Å². The highest BCUT2D eigenvalue weighted by molar-refractivity contribution is 5.69. The Hall–Kier alpha value is -1.06. The van der Waals surface area contributed by atoms with Crippen LogP contribution in [0.4, 0.5) is 0 Å². The van der Waals surface area contributed by atoms with Crippen molar-refractivity contribution in [3.63, 3.8) is 0 Å². The first kappa shape index (κ1) is 19.0. The van der Waals surface area contributed by atoms with Gasteiger partial charge in [-0.15, -0.1) is 0 Å². The Balaban J connectivity index is 2.18. The van der Waals surface area contributed by atoms with Crippen LogP contribution in [0.1, 0.15) is 78.1 Å². The van der Waals surface area contributed by atoms with Gasteiger partial charge in [0, 0.05) is 12.8 Å². The van der Waals surface area contributed by atoms with Gasteiger partial charge in [-0.05, 0) is 43.9 Å². The van der Waals surface area contributed by atoms with E-state index in [0.717, 1.165) is 51.4 Å². The lowest BCUT2D eigenvalue weighted by atomic mass is 9.82. The van der Waals surface area contributed by atoms with Crippen LogP contribution in [0.3, 0.4) is 0 Å². The molecule has 0 N–H and O–H groups in total. The summed E-state index contributed by atoms with van der Waals surface area (Å²) in [6, 6.07) is 0. The third-order valence-corrected chi connectivity index (χ3v) is 4.32. The molecular weight excluding hydrogens is 280 g/mol. The number of unbranched alkanes of at least 4 members (excludes halogenated alkanes) is 2. The zero-order valence-electron chi connectivity index (χ0n) is 14.3. The standard InChI is InChI=1S/C18H32O4/c1-3-5-10-17(19)21-13-15-8-7-9-16(12-15)14-22-18(20)11-6-4-2/h15-16H,3-14H2,1-2H3. The van der Waals surface area contributed by atoms with E-state index in [-0.39, 0.29) is 11.9 Å². The topological polar surface area (TPSA) is 52.6 Å². The fraction of sp³-hybridized carbons (Fsp3) is 0.889. The van der Waals surface area contributed by atoms with Gasteiger partial charge in [-0.1, -0.05) is 33.1 Å². The summed E-state index contributed by atoms with van der Waals surface area (Å²) in [5.41, 5.74) is 0. The molecular formula is C18H32O4. The number of rotatable bonds is 10. The molecule has 0 heterocycles. The van der Waals surface area contributed by atoms with Gasteiger partial charge in [-0.2, -0.15) is 0 Å². The summed E-state index contributed by atoms with van der Waals surface area (Å²) in [5.74, 6) is 0.710. The number of esters is 2. The summed E-state index contributed by atoms with van der Waals surface area (Å²) >= 11 is 0. The molecule has 0 spiro atoms. The predicted octanol–water partition coefficient (Wildman–Crippen LogP) is 4.26. The van der Waals surface area contributed by atoms with Gasteiger partial charge in [0.2, 0.25) is 0 Å². The monoisotopic (exact) mass is 312 g/mol. The lowest BCUT2D eigenvalue weighted by molar-refractivity contribution is -0.146. The van der Waals surface area contributed by atoms with Crippen molar-refractivity contribution in [1.29, 1.82) is 0 Å². The largest absolute Gasteiger partial charge is 0.465 e. The first-order valence-corrected chi connectivity index (χ1v) is 8.96. The molecule has 1 fully saturated rings. The van der Waals surface area contributed by atoms with Gasteiger partial charge < -0.3 is 9.47 Å². The van der Waals surface area contributed by atoms with E-state index in [1.165, 1.54) is 0 Å². The fourth-order valence-corrected chi connectivity index (χ4v) is 2.91. The average Bonchev–Trinajstić information content (AvgIpc) is 2.54. The van der Waals surface area contributed by atoms with Crippen LogP contribution in [0.15, 0.2) is 0 Å². The van der Waals surface area contributed by atoms with Gasteiger partial charge in [-0.3, -0.25) is 9.59 Å². The van der Waals surface area contributed by atoms with Crippen LogP contribution >= 0.6 is 0 Å². The summed E-state index contributed by atoms with van der Waals surface area (Å²) in [7, 11) is 0. The van der Waals surface area contributed by atoms with Crippen molar-refractivity contribution in [3.8, 4) is 0 Å². The Bertz CT molecular complexity index is 297. The van der Waals surface area contributed by atoms with Crippen molar-refractivity contribution < 1.29 is 19.1 Å². The fourth-order valence-electron chi connectivity index (χ4n) is 2.91. The molecule has 2 atom stereocenters. The van der Waals surface area contributed by atoms with Crippen LogP contribution in [0, 0.1) is 11.8 Å². The molecule has 1 aliphatic carbocycles. The highest BCUT2D eigenvalue weighted by Gasteiger charge is 2.24. The smallest absolute Gasteiger partial charge is 0.305 e. The van der Waals surface area contributed by atoms with Crippen LogP contribution < -0.4 is 0 Å². The van der Waals surface area contributed by atoms with E-state index >= 15 is 0 Å². The maximum absolute atomic E-state index is 11.5. The van der Waals surface area contributed by atoms with Crippen LogP contribution in [0.2, 0.25) is 0 Å². The molecule has 0 aromatic carbocycles. The highest BCUT2D eigenvalue weighted by Crippen LogP contribution is 2.29. The van der Waals surface area contributed by atoms with Gasteiger partial charge in [0.1, 0.15) is 0 Å². The summed E-state index contributed by atoms with van der Waals surface area (Å²) in [4.78, 5) is 23.1. The molecule has 0 aliphatic heterocycles. The van der Waals surface area contributed by atoms with Gasteiger partial charge >= 0.3 is 11.9 Å². The second kappa shape index (κ2) is 11.5. The molecule has 0 saturated heterocycles. The van der Waals surface area contributed by atoms with Crippen molar-refractivity contribution in [3.05, 3.63) is 0 Å². The number of hydrogen-bond donors (Lipinski definition) is 0. The quantitative estimate of drug-likeness (QED) is 0.566. The average molecular weight is 312 g/mol. The van der Waals surface area contributed by atoms with E-state index in [9.17, 15) is 9.59 Å². The van der Waals surface area contributed by atoms with Crippen molar-refractivity contribution >= 4 is 11.9 Å². The Kier molecular flexibility index (Phi) is 9.93. The Labute approximate surface area is 134 Å². The van der Waals surface area contributed by atoms with Crippen LogP contribution in [-0.4, -0.2) is 25.2 Å². The Morgan fingerprint density at radius 1 is 0.864 bits per heavy atom. The van der Waals surface area contributed by atoms with E-state index in [0.29, 0.717) is 37.9 Å². The highest BCUT2D eigenvalue weighted by atomic mass is 16.5. The zero-order valence-corrected chi connectivity index (χ0v) is 14.3. The molecule has 1 aliphatic rings. The molecule has 0 radical (unpaired) electrons. The molecule has 1 saturated carbocycles. The van der Waals surface area contributed by atoms with Crippen LogP contribution in [-0.2, 0) is 19.1 Å². The van der Waals surface area contributed by atoms with Gasteiger partial charge in [-0.25, -0.2) is 0 Å². The molecule has 2 unspecified atom stereocenters. The third-order valence-electron chi connectivity index (χ3n) is 4.32. The minimum absolute atomic E-state index is 0.0741. The van der Waals surface area contributed by atoms with E-state index in [1.54, 1.807) is 0 Å². The third kappa shape index (κ3) is 8.40. The molecule has 0 amide bonds. The normalized spacial score (nSPS) is 21.4. The number of carbonyl (C=O) groups excluding carboxylic acids is 2. The minimum Gasteiger partial charge on any atom is -0.465 e. The van der Waals surface area contributed by atoms with Gasteiger partial charge in [0.15, 0.2) is 0 Å². The molecule has 0 bridgehead atoms. The number of carbonyl (C=O) groups is 2. The van der Waals surface area contributed by atoms with Crippen molar-refractivity contribution in [2.45, 2.75) is 78.1 Å². The van der Waals surface area contributed by atoms with E-state index in [4.69, 9.17) is 9.47 Å². The SMILES string of the molecule is CCCCC(=O)OCC1CCCC(COC(=O)CCCC)C1. The molecule has 4 nitrogen and oxygen atoms in total. The number of hydrogen-bond acceptors (Lipinski definition) is 4. The Morgan fingerprint density at radius 3 is 1.73 bits per heavy atom. The van der Waals surface area contributed by atoms with Gasteiger partial charge in [0.05, 0.1) is 13.2 Å². The second-order valence-electron chi connectivity index (χ2n) is 6.47. The summed E-state index contributed by atoms with van der Waals surface area (Å²) in [5, 5.41) is 0. The number of ether oxygens (including phenoxy) is 2. The minimum atomic E-state index is -0.0741. The maximum Gasteiger partial charge on any atom is 0.305 e. The first-order valence-electron chi connectivity index (χ1n) is 8.96. The van der Waals surface area contributed by atoms with E-state index < -0.39 is 0 Å². The molecule has 1 rings (SSSR count). The maximum atomic E-state index is 11.5. The summed E-state index contributed by atoms with van der Waals surface area (Å²) < 4.78 is 10.7. The van der Waals surface area contributed by atoms with Gasteiger partial charge in [0.25, 0.3) is 0 Å². The van der Waals surface area contributed by atoms with E-state index in [1.807, 2.05) is 0 Å². The summed E-state index contributed by atoms with van der Waals surface area (Å²) in [6.45, 7) is 5.20. The molecule has 4 heteroatoms. The van der Waals surface area contributed by atoms with E-state index in [2.05, 4.69) is 13.8 Å². The molecule has 128 valence electrons. The molecule has 0 aromatic heterocycles. The lowest BCUT2D eigenvalue weighted by Crippen LogP contribution is -2.25. The molecule has 22 heavy (non-hydrogen) atoms. The lowest BCUT2D eigenvalue weighted by Gasteiger charge is -2.28. The van der Waals surface area contributed by atoms with Crippen molar-refractivity contribution in [2.24, 2.45) is 11.8 Å². The second-order valence-corrected chi connectivity index (χ2v) is 6.47. The summed E-state index contributed by atoms with van der Waals surface area (Å²) in [6.07, 6.45) is 9.26. The predicted molar refractivity (Wildman–Crippen MR) is 86.4 cm³/mol. The first-order chi connectivity index (χ1) is 10.7. The van der Waals surface area contributed by atoms with Crippen molar-refractivity contribution in [2.75, 3.05) is 13.2 Å². The van der Waals surface area contributed by atoms with Crippen LogP contribution in [0.25, 0.3) is 0 Å².